The average Bonchev–Trinajstić information content (AvgIpc) is 2.46. The number of Topliss-reactive ketones (excluding diaryl/α,β-unsaturated/α-hetero) is 1. The Morgan fingerprint density at radius 3 is 2.67 bits per heavy atom. The first kappa shape index (κ1) is 15.9. The highest BCUT2D eigenvalue weighted by Gasteiger charge is 2.33. The summed E-state index contributed by atoms with van der Waals surface area (Å²) in [6, 6.07) is 2.99. The molecule has 0 radical (unpaired) electrons. The number of nitrogen functional groups attached to an aromatic ring is 1. The third kappa shape index (κ3) is 3.57. The first-order chi connectivity index (χ1) is 9.82. The SMILES string of the molecule is CCC1CCCC(C(=O)c2cc(C(F)(F)F)ccc2N)C1. The summed E-state index contributed by atoms with van der Waals surface area (Å²) in [4.78, 5) is 12.5. The van der Waals surface area contributed by atoms with E-state index in [0.29, 0.717) is 5.92 Å². The highest BCUT2D eigenvalue weighted by molar-refractivity contribution is 6.02. The number of carbonyl (C=O) groups excluding carboxylic acids is 1. The molecule has 2 unspecified atom stereocenters. The second-order valence-electron chi connectivity index (χ2n) is 5.80. The Hall–Kier alpha value is -1.52. The number of rotatable bonds is 3. The molecule has 0 aromatic heterocycles. The molecule has 2 atom stereocenters. The largest absolute Gasteiger partial charge is 0.416 e. The summed E-state index contributed by atoms with van der Waals surface area (Å²) in [6.45, 7) is 2.08. The van der Waals surface area contributed by atoms with Crippen molar-refractivity contribution in [1.82, 2.24) is 0 Å². The smallest absolute Gasteiger partial charge is 0.398 e. The van der Waals surface area contributed by atoms with Gasteiger partial charge in [0.25, 0.3) is 0 Å². The monoisotopic (exact) mass is 299 g/mol. The number of anilines is 1. The van der Waals surface area contributed by atoms with Gasteiger partial charge < -0.3 is 5.73 Å². The molecule has 21 heavy (non-hydrogen) atoms. The average molecular weight is 299 g/mol. The lowest BCUT2D eigenvalue weighted by atomic mass is 9.76. The van der Waals surface area contributed by atoms with Gasteiger partial charge in [0, 0.05) is 17.2 Å². The van der Waals surface area contributed by atoms with Gasteiger partial charge in [0.2, 0.25) is 0 Å². The van der Waals surface area contributed by atoms with Gasteiger partial charge >= 0.3 is 6.18 Å². The van der Waals surface area contributed by atoms with E-state index in [0.717, 1.165) is 44.2 Å². The quantitative estimate of drug-likeness (QED) is 0.650. The maximum atomic E-state index is 12.8. The summed E-state index contributed by atoms with van der Waals surface area (Å²) in [6.07, 6.45) is 0.0886. The summed E-state index contributed by atoms with van der Waals surface area (Å²) >= 11 is 0. The lowest BCUT2D eigenvalue weighted by molar-refractivity contribution is -0.137. The van der Waals surface area contributed by atoms with E-state index < -0.39 is 11.7 Å². The number of nitrogens with two attached hydrogens (primary N) is 1. The van der Waals surface area contributed by atoms with Crippen LogP contribution in [0.4, 0.5) is 18.9 Å². The third-order valence-electron chi connectivity index (χ3n) is 4.38. The van der Waals surface area contributed by atoms with Crippen molar-refractivity contribution in [3.8, 4) is 0 Å². The summed E-state index contributed by atoms with van der Waals surface area (Å²) in [5.41, 5.74) is 5.05. The zero-order valence-corrected chi connectivity index (χ0v) is 12.0. The van der Waals surface area contributed by atoms with Gasteiger partial charge in [0.1, 0.15) is 0 Å². The molecule has 0 spiro atoms. The molecule has 116 valence electrons. The van der Waals surface area contributed by atoms with Gasteiger partial charge in [-0.15, -0.1) is 0 Å². The first-order valence-electron chi connectivity index (χ1n) is 7.33. The van der Waals surface area contributed by atoms with E-state index in [9.17, 15) is 18.0 Å². The van der Waals surface area contributed by atoms with E-state index in [4.69, 9.17) is 5.73 Å². The molecule has 0 heterocycles. The van der Waals surface area contributed by atoms with Gasteiger partial charge in [-0.05, 0) is 37.0 Å². The molecule has 2 nitrogen and oxygen atoms in total. The van der Waals surface area contributed by atoms with Crippen LogP contribution in [-0.4, -0.2) is 5.78 Å². The molecule has 1 aromatic carbocycles. The highest BCUT2D eigenvalue weighted by atomic mass is 19.4. The van der Waals surface area contributed by atoms with Crippen LogP contribution < -0.4 is 5.73 Å². The molecular weight excluding hydrogens is 279 g/mol. The number of alkyl halides is 3. The fraction of sp³-hybridized carbons (Fsp3) is 0.562. The van der Waals surface area contributed by atoms with Crippen LogP contribution in [0.5, 0.6) is 0 Å². The van der Waals surface area contributed by atoms with Crippen LogP contribution in [-0.2, 0) is 6.18 Å². The molecule has 0 amide bonds. The van der Waals surface area contributed by atoms with E-state index in [1.54, 1.807) is 0 Å². The number of halogens is 3. The van der Waals surface area contributed by atoms with Crippen molar-refractivity contribution in [2.75, 3.05) is 5.73 Å². The molecule has 1 saturated carbocycles. The van der Waals surface area contributed by atoms with E-state index >= 15 is 0 Å². The van der Waals surface area contributed by atoms with E-state index in [2.05, 4.69) is 6.92 Å². The number of hydrogen-bond acceptors (Lipinski definition) is 2. The molecule has 0 bridgehead atoms. The number of hydrogen-bond donors (Lipinski definition) is 1. The molecule has 1 aromatic rings. The summed E-state index contributed by atoms with van der Waals surface area (Å²) in [5, 5.41) is 0. The summed E-state index contributed by atoms with van der Waals surface area (Å²) < 4.78 is 38.3. The van der Waals surface area contributed by atoms with Gasteiger partial charge in [-0.1, -0.05) is 26.2 Å². The third-order valence-corrected chi connectivity index (χ3v) is 4.38. The Morgan fingerprint density at radius 2 is 2.05 bits per heavy atom. The van der Waals surface area contributed by atoms with E-state index in [1.165, 1.54) is 6.07 Å². The molecule has 2 rings (SSSR count). The van der Waals surface area contributed by atoms with Crippen LogP contribution in [0.2, 0.25) is 0 Å². The summed E-state index contributed by atoms with van der Waals surface area (Å²) in [7, 11) is 0. The fourth-order valence-corrected chi connectivity index (χ4v) is 3.07. The normalized spacial score (nSPS) is 23.0. The van der Waals surface area contributed by atoms with Crippen LogP contribution in [0.25, 0.3) is 0 Å². The fourth-order valence-electron chi connectivity index (χ4n) is 3.07. The lowest BCUT2D eigenvalue weighted by Gasteiger charge is -2.27. The molecule has 1 aliphatic rings. The minimum absolute atomic E-state index is 0.0200. The van der Waals surface area contributed by atoms with Gasteiger partial charge in [-0.25, -0.2) is 0 Å². The van der Waals surface area contributed by atoms with Crippen molar-refractivity contribution in [3.63, 3.8) is 0 Å². The van der Waals surface area contributed by atoms with Crippen LogP contribution in [0.1, 0.15) is 54.9 Å². The van der Waals surface area contributed by atoms with Crippen molar-refractivity contribution in [2.45, 2.75) is 45.2 Å². The standard InChI is InChI=1S/C16H20F3NO/c1-2-10-4-3-5-11(8-10)15(21)13-9-12(16(17,18)19)6-7-14(13)20/h6-7,9-11H,2-5,8,20H2,1H3. The Labute approximate surface area is 122 Å². The van der Waals surface area contributed by atoms with Crippen LogP contribution in [0.15, 0.2) is 18.2 Å². The minimum Gasteiger partial charge on any atom is -0.398 e. The number of carbonyl (C=O) groups is 1. The Morgan fingerprint density at radius 1 is 1.33 bits per heavy atom. The zero-order valence-electron chi connectivity index (χ0n) is 12.0. The van der Waals surface area contributed by atoms with Gasteiger partial charge in [-0.2, -0.15) is 13.2 Å². The predicted molar refractivity (Wildman–Crippen MR) is 75.9 cm³/mol. The van der Waals surface area contributed by atoms with Gasteiger partial charge in [0.05, 0.1) is 5.56 Å². The first-order valence-corrected chi connectivity index (χ1v) is 7.33. The Kier molecular flexibility index (Phi) is 4.59. The van der Waals surface area contributed by atoms with Crippen LogP contribution in [0, 0.1) is 11.8 Å². The molecule has 5 heteroatoms. The van der Waals surface area contributed by atoms with Crippen molar-refractivity contribution in [3.05, 3.63) is 29.3 Å². The van der Waals surface area contributed by atoms with Gasteiger partial charge in [-0.3, -0.25) is 4.79 Å². The number of benzene rings is 1. The highest BCUT2D eigenvalue weighted by Crippen LogP contribution is 2.36. The Balaban J connectivity index is 2.26. The van der Waals surface area contributed by atoms with E-state index in [-0.39, 0.29) is 23.0 Å². The van der Waals surface area contributed by atoms with Crippen molar-refractivity contribution < 1.29 is 18.0 Å². The molecule has 2 N–H and O–H groups in total. The van der Waals surface area contributed by atoms with Gasteiger partial charge in [0.15, 0.2) is 5.78 Å². The van der Waals surface area contributed by atoms with Crippen LogP contribution >= 0.6 is 0 Å². The zero-order chi connectivity index (χ0) is 15.6. The van der Waals surface area contributed by atoms with Crippen molar-refractivity contribution in [2.24, 2.45) is 11.8 Å². The molecule has 1 fully saturated rings. The Bertz CT molecular complexity index is 525. The maximum Gasteiger partial charge on any atom is 0.416 e. The van der Waals surface area contributed by atoms with Crippen molar-refractivity contribution in [1.29, 1.82) is 0 Å². The molecule has 0 saturated heterocycles. The number of ketones is 1. The molecular formula is C16H20F3NO. The lowest BCUT2D eigenvalue weighted by Crippen LogP contribution is -2.24. The second kappa shape index (κ2) is 6.08. The topological polar surface area (TPSA) is 43.1 Å². The predicted octanol–water partition coefficient (Wildman–Crippen LogP) is 4.69. The van der Waals surface area contributed by atoms with E-state index in [1.807, 2.05) is 0 Å². The molecule has 1 aliphatic carbocycles. The maximum absolute atomic E-state index is 12.8. The minimum atomic E-state index is -4.46. The second-order valence-corrected chi connectivity index (χ2v) is 5.80. The summed E-state index contributed by atoms with van der Waals surface area (Å²) in [5.74, 6) is 0.0472. The van der Waals surface area contributed by atoms with Crippen LogP contribution in [0.3, 0.4) is 0 Å². The van der Waals surface area contributed by atoms with Crippen molar-refractivity contribution >= 4 is 11.5 Å². The molecule has 0 aliphatic heterocycles.